The van der Waals surface area contributed by atoms with Crippen LogP contribution in [0.5, 0.6) is 0 Å². The zero-order valence-corrected chi connectivity index (χ0v) is 20.6. The van der Waals surface area contributed by atoms with Gasteiger partial charge in [-0.15, -0.1) is 0 Å². The molecular weight excluding hydrogens is 460 g/mol. The Labute approximate surface area is 198 Å². The van der Waals surface area contributed by atoms with Crippen LogP contribution in [0.2, 0.25) is 0 Å². The number of anilines is 1. The van der Waals surface area contributed by atoms with E-state index in [-0.39, 0.29) is 17.2 Å². The second-order valence-electron chi connectivity index (χ2n) is 7.61. The third kappa shape index (κ3) is 4.41. The Morgan fingerprint density at radius 2 is 1.81 bits per heavy atom. The van der Waals surface area contributed by atoms with Gasteiger partial charge in [0, 0.05) is 18.4 Å². The maximum absolute atomic E-state index is 13.0. The van der Waals surface area contributed by atoms with Crippen LogP contribution in [-0.2, 0) is 11.8 Å². The van der Waals surface area contributed by atoms with Crippen molar-refractivity contribution in [3.63, 3.8) is 0 Å². The highest BCUT2D eigenvalue weighted by molar-refractivity contribution is 7.99. The molecule has 0 fully saturated rings. The highest BCUT2D eigenvalue weighted by atomic mass is 32.2. The zero-order chi connectivity index (χ0) is 23.0. The minimum atomic E-state index is -0.172. The van der Waals surface area contributed by atoms with E-state index < -0.39 is 0 Å². The monoisotopic (exact) mass is 482 g/mol. The van der Waals surface area contributed by atoms with Gasteiger partial charge in [0.15, 0.2) is 14.8 Å². The topological polar surface area (TPSA) is 68.9 Å². The first-order valence-electron chi connectivity index (χ1n) is 9.94. The SMILES string of the molecule is Cc1ccc(-n2c(=S)sc3c(=O)n(C)c(SCC(=O)Nc4cc(C)ccc4C)nc32)cc1. The van der Waals surface area contributed by atoms with E-state index in [0.717, 1.165) is 28.1 Å². The van der Waals surface area contributed by atoms with Crippen molar-refractivity contribution in [3.05, 3.63) is 73.5 Å². The first-order chi connectivity index (χ1) is 15.2. The number of nitrogens with one attached hydrogen (secondary N) is 1. The molecule has 0 radical (unpaired) electrons. The van der Waals surface area contributed by atoms with Gasteiger partial charge >= 0.3 is 0 Å². The van der Waals surface area contributed by atoms with E-state index in [4.69, 9.17) is 17.2 Å². The number of aryl methyl sites for hydroxylation is 3. The molecule has 9 heteroatoms. The Balaban J connectivity index is 1.65. The van der Waals surface area contributed by atoms with E-state index in [1.54, 1.807) is 7.05 Å². The number of rotatable bonds is 5. The van der Waals surface area contributed by atoms with Crippen molar-refractivity contribution < 1.29 is 4.79 Å². The molecule has 0 atom stereocenters. The molecule has 2 aromatic carbocycles. The molecular formula is C23H22N4O2S3. The van der Waals surface area contributed by atoms with Gasteiger partial charge in [0.25, 0.3) is 5.56 Å². The van der Waals surface area contributed by atoms with Crippen molar-refractivity contribution >= 4 is 57.3 Å². The molecule has 4 aromatic rings. The van der Waals surface area contributed by atoms with Crippen molar-refractivity contribution in [2.45, 2.75) is 25.9 Å². The summed E-state index contributed by atoms with van der Waals surface area (Å²) in [7, 11) is 1.67. The number of hydrogen-bond acceptors (Lipinski definition) is 6. The summed E-state index contributed by atoms with van der Waals surface area (Å²) in [6.07, 6.45) is 0. The maximum Gasteiger partial charge on any atom is 0.273 e. The van der Waals surface area contributed by atoms with Crippen LogP contribution in [0.15, 0.2) is 52.4 Å². The summed E-state index contributed by atoms with van der Waals surface area (Å²) >= 11 is 8.01. The van der Waals surface area contributed by atoms with E-state index in [9.17, 15) is 9.59 Å². The van der Waals surface area contributed by atoms with Gasteiger partial charge in [-0.1, -0.05) is 52.9 Å². The Morgan fingerprint density at radius 3 is 2.53 bits per heavy atom. The Hall–Kier alpha value is -2.75. The summed E-state index contributed by atoms with van der Waals surface area (Å²) in [5.41, 5.74) is 5.20. The molecule has 2 heterocycles. The van der Waals surface area contributed by atoms with Crippen molar-refractivity contribution in [1.29, 1.82) is 0 Å². The lowest BCUT2D eigenvalue weighted by Crippen LogP contribution is -2.21. The van der Waals surface area contributed by atoms with Crippen LogP contribution in [0, 0.1) is 24.7 Å². The van der Waals surface area contributed by atoms with Crippen molar-refractivity contribution in [2.24, 2.45) is 7.05 Å². The van der Waals surface area contributed by atoms with Gasteiger partial charge in [-0.2, -0.15) is 0 Å². The number of nitrogens with zero attached hydrogens (tertiary/aromatic N) is 3. The summed E-state index contributed by atoms with van der Waals surface area (Å²) in [5.74, 6) is -0.0204. The second kappa shape index (κ2) is 9.01. The van der Waals surface area contributed by atoms with Gasteiger partial charge in [0.05, 0.1) is 5.75 Å². The molecule has 0 aliphatic carbocycles. The van der Waals surface area contributed by atoms with Gasteiger partial charge in [-0.25, -0.2) is 4.98 Å². The van der Waals surface area contributed by atoms with E-state index in [2.05, 4.69) is 5.32 Å². The molecule has 2 aromatic heterocycles. The number of carbonyl (C=O) groups excluding carboxylic acids is 1. The van der Waals surface area contributed by atoms with E-state index in [1.807, 2.05) is 67.8 Å². The third-order valence-electron chi connectivity index (χ3n) is 5.07. The minimum absolute atomic E-state index is 0.134. The molecule has 0 saturated carbocycles. The highest BCUT2D eigenvalue weighted by Crippen LogP contribution is 2.26. The number of thioether (sulfide) groups is 1. The fourth-order valence-corrected chi connectivity index (χ4v) is 5.36. The molecule has 0 aliphatic heterocycles. The quantitative estimate of drug-likeness (QED) is 0.241. The predicted molar refractivity (Wildman–Crippen MR) is 135 cm³/mol. The molecule has 0 spiro atoms. The molecule has 164 valence electrons. The lowest BCUT2D eigenvalue weighted by Gasteiger charge is -2.11. The van der Waals surface area contributed by atoms with Gasteiger partial charge in [-0.3, -0.25) is 18.7 Å². The maximum atomic E-state index is 13.0. The minimum Gasteiger partial charge on any atom is -0.325 e. The lowest BCUT2D eigenvalue weighted by atomic mass is 10.1. The average Bonchev–Trinajstić information content (AvgIpc) is 3.09. The first-order valence-corrected chi connectivity index (χ1v) is 12.1. The number of aromatic nitrogens is 3. The van der Waals surface area contributed by atoms with Crippen LogP contribution < -0.4 is 10.9 Å². The summed E-state index contributed by atoms with van der Waals surface area (Å²) in [6, 6.07) is 13.8. The van der Waals surface area contributed by atoms with Crippen LogP contribution in [0.25, 0.3) is 16.0 Å². The number of thiazole rings is 1. The van der Waals surface area contributed by atoms with Crippen LogP contribution >= 0.6 is 35.3 Å². The van der Waals surface area contributed by atoms with Gasteiger partial charge in [0.1, 0.15) is 4.70 Å². The molecule has 0 aliphatic rings. The number of fused-ring (bicyclic) bond motifs is 1. The Morgan fingerprint density at radius 1 is 1.12 bits per heavy atom. The molecule has 6 nitrogen and oxygen atoms in total. The zero-order valence-electron chi connectivity index (χ0n) is 18.1. The molecule has 32 heavy (non-hydrogen) atoms. The lowest BCUT2D eigenvalue weighted by molar-refractivity contribution is -0.113. The van der Waals surface area contributed by atoms with Crippen LogP contribution in [-0.4, -0.2) is 25.8 Å². The molecule has 1 N–H and O–H groups in total. The van der Waals surface area contributed by atoms with Crippen LogP contribution in [0.4, 0.5) is 5.69 Å². The standard InChI is InChI=1S/C23H22N4O2S3/c1-13-6-9-16(10-7-13)27-20-19(32-23(27)30)21(29)26(4)22(25-20)31-12-18(28)24-17-11-14(2)5-8-15(17)3/h5-11H,12H2,1-4H3,(H,24,28). The van der Waals surface area contributed by atoms with Gasteiger partial charge in [0.2, 0.25) is 5.91 Å². The summed E-state index contributed by atoms with van der Waals surface area (Å²) in [6.45, 7) is 5.95. The van der Waals surface area contributed by atoms with E-state index in [1.165, 1.54) is 27.7 Å². The van der Waals surface area contributed by atoms with Crippen LogP contribution in [0.3, 0.4) is 0 Å². The molecule has 0 saturated heterocycles. The second-order valence-corrected chi connectivity index (χ2v) is 10.2. The predicted octanol–water partition coefficient (Wildman–Crippen LogP) is 5.17. The van der Waals surface area contributed by atoms with E-state index in [0.29, 0.717) is 19.5 Å². The molecule has 1 amide bonds. The molecule has 0 unspecified atom stereocenters. The van der Waals surface area contributed by atoms with Crippen LogP contribution in [0.1, 0.15) is 16.7 Å². The van der Waals surface area contributed by atoms with E-state index >= 15 is 0 Å². The van der Waals surface area contributed by atoms with Crippen molar-refractivity contribution in [2.75, 3.05) is 11.1 Å². The number of carbonyl (C=O) groups is 1. The summed E-state index contributed by atoms with van der Waals surface area (Å²) in [5, 5.41) is 3.41. The number of amides is 1. The Kier molecular flexibility index (Phi) is 6.32. The van der Waals surface area contributed by atoms with Crippen molar-refractivity contribution in [3.8, 4) is 5.69 Å². The summed E-state index contributed by atoms with van der Waals surface area (Å²) in [4.78, 5) is 30.3. The Bertz CT molecular complexity index is 1450. The largest absolute Gasteiger partial charge is 0.325 e. The summed E-state index contributed by atoms with van der Waals surface area (Å²) < 4.78 is 4.35. The first kappa shape index (κ1) is 22.4. The average molecular weight is 483 g/mol. The van der Waals surface area contributed by atoms with Crippen molar-refractivity contribution in [1.82, 2.24) is 14.1 Å². The van der Waals surface area contributed by atoms with Gasteiger partial charge < -0.3 is 5.32 Å². The molecule has 0 bridgehead atoms. The number of hydrogen-bond donors (Lipinski definition) is 1. The van der Waals surface area contributed by atoms with Gasteiger partial charge in [-0.05, 0) is 62.3 Å². The fourth-order valence-electron chi connectivity index (χ4n) is 3.25. The normalized spacial score (nSPS) is 11.1. The fraction of sp³-hybridized carbons (Fsp3) is 0.217. The molecule has 4 rings (SSSR count). The smallest absolute Gasteiger partial charge is 0.273 e. The third-order valence-corrected chi connectivity index (χ3v) is 7.45. The number of benzene rings is 2. The highest BCUT2D eigenvalue weighted by Gasteiger charge is 2.17.